The van der Waals surface area contributed by atoms with Gasteiger partial charge in [-0.25, -0.2) is 4.79 Å². The summed E-state index contributed by atoms with van der Waals surface area (Å²) in [5.74, 6) is -0.243. The average Bonchev–Trinajstić information content (AvgIpc) is 2.12. The van der Waals surface area contributed by atoms with Gasteiger partial charge in [0.25, 0.3) is 0 Å². The first kappa shape index (κ1) is 12.2. The number of hydrogen-bond donors (Lipinski definition) is 0. The number of carbonyl (C=O) groups is 1. The van der Waals surface area contributed by atoms with Crippen molar-refractivity contribution < 1.29 is 9.53 Å². The second kappa shape index (κ2) is 7.84. The zero-order valence-electron chi connectivity index (χ0n) is 8.93. The van der Waals surface area contributed by atoms with Gasteiger partial charge in [0.2, 0.25) is 0 Å². The van der Waals surface area contributed by atoms with Crippen molar-refractivity contribution in [2.24, 2.45) is 0 Å². The first-order valence-electron chi connectivity index (χ1n) is 4.95. The van der Waals surface area contributed by atoms with E-state index in [-0.39, 0.29) is 5.97 Å². The van der Waals surface area contributed by atoms with Gasteiger partial charge in [0.05, 0.1) is 7.11 Å². The molecule has 0 heterocycles. The third-order valence-corrected chi connectivity index (χ3v) is 1.99. The summed E-state index contributed by atoms with van der Waals surface area (Å²) in [6.07, 6.45) is 7.54. The van der Waals surface area contributed by atoms with Crippen molar-refractivity contribution in [3.8, 4) is 0 Å². The number of unbranched alkanes of at least 4 members (excludes halogenated alkanes) is 3. The fraction of sp³-hybridized carbons (Fsp3) is 0.727. The predicted molar refractivity (Wildman–Crippen MR) is 54.5 cm³/mol. The second-order valence-corrected chi connectivity index (χ2v) is 3.32. The van der Waals surface area contributed by atoms with E-state index in [9.17, 15) is 4.79 Å². The second-order valence-electron chi connectivity index (χ2n) is 3.32. The number of esters is 1. The Morgan fingerprint density at radius 3 is 2.54 bits per heavy atom. The van der Waals surface area contributed by atoms with Crippen LogP contribution < -0.4 is 0 Å². The van der Waals surface area contributed by atoms with Crippen molar-refractivity contribution in [3.05, 3.63) is 11.6 Å². The molecule has 0 aromatic carbocycles. The van der Waals surface area contributed by atoms with E-state index in [0.717, 1.165) is 12.0 Å². The van der Waals surface area contributed by atoms with Gasteiger partial charge in [-0.15, -0.1) is 0 Å². The summed E-state index contributed by atoms with van der Waals surface area (Å²) in [7, 11) is 1.41. The van der Waals surface area contributed by atoms with Crippen LogP contribution in [0.1, 0.15) is 46.0 Å². The fourth-order valence-corrected chi connectivity index (χ4v) is 1.16. The number of methoxy groups -OCH3 is 1. The Bertz CT molecular complexity index is 171. The zero-order chi connectivity index (χ0) is 10.1. The van der Waals surface area contributed by atoms with E-state index in [2.05, 4.69) is 11.7 Å². The quantitative estimate of drug-likeness (QED) is 0.360. The SMILES string of the molecule is CCCCCC/C(C)=C/C(=O)OC. The summed E-state index contributed by atoms with van der Waals surface area (Å²) in [5.41, 5.74) is 1.11. The van der Waals surface area contributed by atoms with Crippen LogP contribution >= 0.6 is 0 Å². The van der Waals surface area contributed by atoms with Crippen molar-refractivity contribution in [1.82, 2.24) is 0 Å². The first-order valence-corrected chi connectivity index (χ1v) is 4.95. The lowest BCUT2D eigenvalue weighted by Crippen LogP contribution is -1.95. The fourth-order valence-electron chi connectivity index (χ4n) is 1.16. The molecule has 0 aliphatic heterocycles. The number of carbonyl (C=O) groups excluding carboxylic acids is 1. The Morgan fingerprint density at radius 1 is 1.31 bits per heavy atom. The minimum atomic E-state index is -0.243. The van der Waals surface area contributed by atoms with Crippen LogP contribution in [0.25, 0.3) is 0 Å². The highest BCUT2D eigenvalue weighted by Crippen LogP contribution is 2.09. The maximum atomic E-state index is 10.8. The van der Waals surface area contributed by atoms with E-state index in [4.69, 9.17) is 0 Å². The van der Waals surface area contributed by atoms with Crippen molar-refractivity contribution in [2.45, 2.75) is 46.0 Å². The van der Waals surface area contributed by atoms with Crippen molar-refractivity contribution in [1.29, 1.82) is 0 Å². The number of allylic oxidation sites excluding steroid dienone is 1. The smallest absolute Gasteiger partial charge is 0.330 e. The van der Waals surface area contributed by atoms with E-state index < -0.39 is 0 Å². The average molecular weight is 184 g/mol. The van der Waals surface area contributed by atoms with Gasteiger partial charge in [0.1, 0.15) is 0 Å². The third-order valence-electron chi connectivity index (χ3n) is 1.99. The maximum absolute atomic E-state index is 10.8. The molecule has 0 aliphatic rings. The van der Waals surface area contributed by atoms with E-state index in [1.165, 1.54) is 32.8 Å². The molecule has 0 unspecified atom stereocenters. The van der Waals surface area contributed by atoms with Crippen LogP contribution in [0.3, 0.4) is 0 Å². The maximum Gasteiger partial charge on any atom is 0.330 e. The van der Waals surface area contributed by atoms with Crippen molar-refractivity contribution in [3.63, 3.8) is 0 Å². The molecule has 76 valence electrons. The van der Waals surface area contributed by atoms with Crippen LogP contribution in [0, 0.1) is 0 Å². The molecule has 0 N–H and O–H groups in total. The van der Waals surface area contributed by atoms with Crippen LogP contribution in [0.2, 0.25) is 0 Å². The Kier molecular flexibility index (Phi) is 7.36. The molecule has 0 aromatic rings. The summed E-state index contributed by atoms with van der Waals surface area (Å²) < 4.78 is 4.53. The predicted octanol–water partition coefficient (Wildman–Crippen LogP) is 3.08. The molecule has 0 rings (SSSR count). The van der Waals surface area contributed by atoms with Crippen LogP contribution in [-0.2, 0) is 9.53 Å². The lowest BCUT2D eigenvalue weighted by atomic mass is 10.1. The molecule has 2 heteroatoms. The van der Waals surface area contributed by atoms with E-state index in [1.807, 2.05) is 6.92 Å². The Hall–Kier alpha value is -0.790. The van der Waals surface area contributed by atoms with Crippen molar-refractivity contribution >= 4 is 5.97 Å². The molecule has 0 aliphatic carbocycles. The lowest BCUT2D eigenvalue weighted by Gasteiger charge is -2.00. The Morgan fingerprint density at radius 2 is 2.00 bits per heavy atom. The molecular formula is C11H20O2. The molecule has 0 bridgehead atoms. The molecule has 0 fully saturated rings. The normalized spacial score (nSPS) is 11.5. The molecule has 0 spiro atoms. The van der Waals surface area contributed by atoms with Gasteiger partial charge in [-0.2, -0.15) is 0 Å². The molecule has 13 heavy (non-hydrogen) atoms. The molecule has 0 amide bonds. The van der Waals surface area contributed by atoms with Gasteiger partial charge in [-0.3, -0.25) is 0 Å². The first-order chi connectivity index (χ1) is 6.20. The van der Waals surface area contributed by atoms with Gasteiger partial charge in [0, 0.05) is 6.08 Å². The van der Waals surface area contributed by atoms with Crippen LogP contribution in [0.15, 0.2) is 11.6 Å². The summed E-state index contributed by atoms with van der Waals surface area (Å²) in [6, 6.07) is 0. The lowest BCUT2D eigenvalue weighted by molar-refractivity contribution is -0.134. The minimum Gasteiger partial charge on any atom is -0.466 e. The number of rotatable bonds is 6. The highest BCUT2D eigenvalue weighted by Gasteiger charge is 1.96. The summed E-state index contributed by atoms with van der Waals surface area (Å²) in [5, 5.41) is 0. The van der Waals surface area contributed by atoms with Gasteiger partial charge < -0.3 is 4.74 Å². The molecule has 2 nitrogen and oxygen atoms in total. The third kappa shape index (κ3) is 7.57. The van der Waals surface area contributed by atoms with Crippen LogP contribution in [0.5, 0.6) is 0 Å². The molecule has 0 aromatic heterocycles. The van der Waals surface area contributed by atoms with Gasteiger partial charge >= 0.3 is 5.97 Å². The summed E-state index contributed by atoms with van der Waals surface area (Å²) in [4.78, 5) is 10.8. The summed E-state index contributed by atoms with van der Waals surface area (Å²) >= 11 is 0. The van der Waals surface area contributed by atoms with Gasteiger partial charge in [-0.05, 0) is 19.8 Å². The van der Waals surface area contributed by atoms with Crippen LogP contribution in [-0.4, -0.2) is 13.1 Å². The van der Waals surface area contributed by atoms with Crippen LogP contribution in [0.4, 0.5) is 0 Å². The van der Waals surface area contributed by atoms with Gasteiger partial charge in [-0.1, -0.05) is 31.8 Å². The minimum absolute atomic E-state index is 0.243. The highest BCUT2D eigenvalue weighted by atomic mass is 16.5. The molecular weight excluding hydrogens is 164 g/mol. The van der Waals surface area contributed by atoms with E-state index >= 15 is 0 Å². The highest BCUT2D eigenvalue weighted by molar-refractivity contribution is 5.82. The van der Waals surface area contributed by atoms with Gasteiger partial charge in [0.15, 0.2) is 0 Å². The molecule has 0 saturated carbocycles. The largest absolute Gasteiger partial charge is 0.466 e. The van der Waals surface area contributed by atoms with Crippen molar-refractivity contribution in [2.75, 3.05) is 7.11 Å². The number of hydrogen-bond acceptors (Lipinski definition) is 2. The molecule has 0 atom stereocenters. The number of ether oxygens (including phenoxy) is 1. The topological polar surface area (TPSA) is 26.3 Å². The molecule has 0 radical (unpaired) electrons. The summed E-state index contributed by atoms with van der Waals surface area (Å²) in [6.45, 7) is 4.17. The monoisotopic (exact) mass is 184 g/mol. The standard InChI is InChI=1S/C11H20O2/c1-4-5-6-7-8-10(2)9-11(12)13-3/h9H,4-8H2,1-3H3/b10-9+. The molecule has 0 saturated heterocycles. The Labute approximate surface area is 81.0 Å². The van der Waals surface area contributed by atoms with E-state index in [1.54, 1.807) is 6.08 Å². The van der Waals surface area contributed by atoms with E-state index in [0.29, 0.717) is 0 Å². The Balaban J connectivity index is 3.55. The zero-order valence-corrected chi connectivity index (χ0v) is 8.93.